The molecule has 0 bridgehead atoms. The Kier molecular flexibility index (Phi) is 3.94. The van der Waals surface area contributed by atoms with Gasteiger partial charge in [-0.3, -0.25) is 9.36 Å². The third-order valence-electron chi connectivity index (χ3n) is 3.45. The SMILES string of the molecule is CCn1c(=O)ccc2c(-c3ccccc3F)nc(SC)nc21. The van der Waals surface area contributed by atoms with Crippen LogP contribution in [0.15, 0.2) is 46.3 Å². The van der Waals surface area contributed by atoms with E-state index in [9.17, 15) is 9.18 Å². The molecule has 2 aromatic heterocycles. The van der Waals surface area contributed by atoms with Crippen LogP contribution in [0, 0.1) is 5.82 Å². The van der Waals surface area contributed by atoms with Gasteiger partial charge >= 0.3 is 0 Å². The van der Waals surface area contributed by atoms with Gasteiger partial charge in [0.15, 0.2) is 5.16 Å². The van der Waals surface area contributed by atoms with Gasteiger partial charge in [0.2, 0.25) is 0 Å². The van der Waals surface area contributed by atoms with Crippen LogP contribution in [0.25, 0.3) is 22.3 Å². The number of aromatic nitrogens is 3. The van der Waals surface area contributed by atoms with Crippen molar-refractivity contribution in [1.29, 1.82) is 0 Å². The van der Waals surface area contributed by atoms with Gasteiger partial charge in [0.05, 0.1) is 5.69 Å². The molecule has 6 heteroatoms. The number of thioether (sulfide) groups is 1. The Morgan fingerprint density at radius 3 is 2.64 bits per heavy atom. The normalized spacial score (nSPS) is 11.0. The second-order valence-corrected chi connectivity index (χ2v) is 5.47. The zero-order valence-corrected chi connectivity index (χ0v) is 13.0. The molecule has 4 nitrogen and oxygen atoms in total. The van der Waals surface area contributed by atoms with E-state index in [-0.39, 0.29) is 11.4 Å². The predicted molar refractivity (Wildman–Crippen MR) is 86.6 cm³/mol. The summed E-state index contributed by atoms with van der Waals surface area (Å²) in [7, 11) is 0. The van der Waals surface area contributed by atoms with Gasteiger partial charge in [-0.1, -0.05) is 23.9 Å². The molecule has 0 fully saturated rings. The minimum Gasteiger partial charge on any atom is -0.293 e. The molecule has 1 aromatic carbocycles. The highest BCUT2D eigenvalue weighted by molar-refractivity contribution is 7.98. The lowest BCUT2D eigenvalue weighted by molar-refractivity contribution is 0.630. The van der Waals surface area contributed by atoms with Gasteiger partial charge in [0.1, 0.15) is 11.5 Å². The van der Waals surface area contributed by atoms with E-state index >= 15 is 0 Å². The first-order chi connectivity index (χ1) is 10.7. The summed E-state index contributed by atoms with van der Waals surface area (Å²) in [6, 6.07) is 9.62. The van der Waals surface area contributed by atoms with Crippen molar-refractivity contribution < 1.29 is 4.39 Å². The van der Waals surface area contributed by atoms with Crippen LogP contribution in [0.5, 0.6) is 0 Å². The predicted octanol–water partition coefficient (Wildman–Crippen LogP) is 3.34. The zero-order chi connectivity index (χ0) is 15.7. The van der Waals surface area contributed by atoms with Crippen molar-refractivity contribution in [2.24, 2.45) is 0 Å². The molecule has 0 spiro atoms. The first kappa shape index (κ1) is 14.7. The Morgan fingerprint density at radius 1 is 1.18 bits per heavy atom. The molecule has 3 aromatic rings. The minimum atomic E-state index is -0.344. The highest BCUT2D eigenvalue weighted by Crippen LogP contribution is 2.29. The highest BCUT2D eigenvalue weighted by atomic mass is 32.2. The van der Waals surface area contributed by atoms with Gasteiger partial charge in [0.25, 0.3) is 5.56 Å². The van der Waals surface area contributed by atoms with Crippen LogP contribution in [0.1, 0.15) is 6.92 Å². The lowest BCUT2D eigenvalue weighted by Crippen LogP contribution is -2.19. The molecule has 0 atom stereocenters. The molecule has 0 unspecified atom stereocenters. The second-order valence-electron chi connectivity index (χ2n) is 4.69. The number of rotatable bonds is 3. The van der Waals surface area contributed by atoms with E-state index in [1.54, 1.807) is 28.8 Å². The fourth-order valence-electron chi connectivity index (χ4n) is 2.40. The third kappa shape index (κ3) is 2.39. The molecule has 2 heterocycles. The Labute approximate surface area is 131 Å². The average molecular weight is 315 g/mol. The van der Waals surface area contributed by atoms with E-state index in [1.165, 1.54) is 23.9 Å². The summed E-state index contributed by atoms with van der Waals surface area (Å²) in [6.45, 7) is 2.38. The Morgan fingerprint density at radius 2 is 1.95 bits per heavy atom. The number of fused-ring (bicyclic) bond motifs is 1. The fraction of sp³-hybridized carbons (Fsp3) is 0.188. The van der Waals surface area contributed by atoms with Crippen molar-refractivity contribution in [3.05, 3.63) is 52.6 Å². The summed E-state index contributed by atoms with van der Waals surface area (Å²) in [4.78, 5) is 20.9. The largest absolute Gasteiger partial charge is 0.293 e. The molecule has 112 valence electrons. The van der Waals surface area contributed by atoms with E-state index in [2.05, 4.69) is 9.97 Å². The van der Waals surface area contributed by atoms with Gasteiger partial charge in [0, 0.05) is 23.6 Å². The monoisotopic (exact) mass is 315 g/mol. The minimum absolute atomic E-state index is 0.125. The van der Waals surface area contributed by atoms with Crippen LogP contribution >= 0.6 is 11.8 Å². The third-order valence-corrected chi connectivity index (χ3v) is 3.99. The molecule has 22 heavy (non-hydrogen) atoms. The average Bonchev–Trinajstić information content (AvgIpc) is 2.54. The van der Waals surface area contributed by atoms with E-state index in [0.717, 1.165) is 0 Å². The van der Waals surface area contributed by atoms with E-state index in [1.807, 2.05) is 13.2 Å². The van der Waals surface area contributed by atoms with E-state index in [0.29, 0.717) is 34.0 Å². The maximum absolute atomic E-state index is 14.2. The summed E-state index contributed by atoms with van der Waals surface area (Å²) < 4.78 is 15.7. The number of aryl methyl sites for hydroxylation is 1. The maximum atomic E-state index is 14.2. The van der Waals surface area contributed by atoms with Crippen LogP contribution in [0.3, 0.4) is 0 Å². The van der Waals surface area contributed by atoms with Crippen LogP contribution in [-0.4, -0.2) is 20.8 Å². The lowest BCUT2D eigenvalue weighted by Gasteiger charge is -2.12. The number of nitrogens with zero attached hydrogens (tertiary/aromatic N) is 3. The molecule has 0 saturated heterocycles. The molecule has 0 aliphatic heterocycles. The number of benzene rings is 1. The Balaban J connectivity index is 2.44. The topological polar surface area (TPSA) is 47.8 Å². The van der Waals surface area contributed by atoms with Crippen LogP contribution in [0.2, 0.25) is 0 Å². The van der Waals surface area contributed by atoms with Crippen molar-refractivity contribution in [2.75, 3.05) is 6.26 Å². The van der Waals surface area contributed by atoms with Crippen LogP contribution in [-0.2, 0) is 6.54 Å². The van der Waals surface area contributed by atoms with Crippen LogP contribution < -0.4 is 5.56 Å². The first-order valence-electron chi connectivity index (χ1n) is 6.86. The maximum Gasteiger partial charge on any atom is 0.252 e. The molecule has 3 rings (SSSR count). The number of hydrogen-bond donors (Lipinski definition) is 0. The summed E-state index contributed by atoms with van der Waals surface area (Å²) in [6.07, 6.45) is 1.85. The van der Waals surface area contributed by atoms with Crippen molar-refractivity contribution in [1.82, 2.24) is 14.5 Å². The molecule has 0 radical (unpaired) electrons. The van der Waals surface area contributed by atoms with Gasteiger partial charge in [-0.05, 0) is 31.4 Å². The van der Waals surface area contributed by atoms with Crippen LogP contribution in [0.4, 0.5) is 4.39 Å². The molecule has 0 amide bonds. The number of pyridine rings is 1. The fourth-order valence-corrected chi connectivity index (χ4v) is 2.76. The summed E-state index contributed by atoms with van der Waals surface area (Å²) in [5, 5.41) is 1.18. The van der Waals surface area contributed by atoms with Gasteiger partial charge in [-0.15, -0.1) is 0 Å². The molecular formula is C16H14FN3OS. The van der Waals surface area contributed by atoms with E-state index < -0.39 is 0 Å². The molecule has 0 aliphatic rings. The summed E-state index contributed by atoms with van der Waals surface area (Å²) in [5.41, 5.74) is 1.33. The van der Waals surface area contributed by atoms with Gasteiger partial charge < -0.3 is 0 Å². The summed E-state index contributed by atoms with van der Waals surface area (Å²) in [5.74, 6) is -0.344. The highest BCUT2D eigenvalue weighted by Gasteiger charge is 2.15. The first-order valence-corrected chi connectivity index (χ1v) is 8.08. The van der Waals surface area contributed by atoms with Crippen molar-refractivity contribution in [3.8, 4) is 11.3 Å². The van der Waals surface area contributed by atoms with Crippen molar-refractivity contribution in [3.63, 3.8) is 0 Å². The quantitative estimate of drug-likeness (QED) is 0.549. The number of halogens is 1. The van der Waals surface area contributed by atoms with E-state index in [4.69, 9.17) is 0 Å². The number of hydrogen-bond acceptors (Lipinski definition) is 4. The lowest BCUT2D eigenvalue weighted by atomic mass is 10.1. The Hall–Kier alpha value is -2.21. The van der Waals surface area contributed by atoms with Crippen molar-refractivity contribution >= 4 is 22.8 Å². The van der Waals surface area contributed by atoms with Gasteiger partial charge in [-0.25, -0.2) is 14.4 Å². The van der Waals surface area contributed by atoms with Crippen molar-refractivity contribution in [2.45, 2.75) is 18.6 Å². The second kappa shape index (κ2) is 5.88. The smallest absolute Gasteiger partial charge is 0.252 e. The molecule has 0 saturated carbocycles. The Bertz CT molecular complexity index is 908. The summed E-state index contributed by atoms with van der Waals surface area (Å²) >= 11 is 1.36. The molecular weight excluding hydrogens is 301 g/mol. The zero-order valence-electron chi connectivity index (χ0n) is 12.2. The van der Waals surface area contributed by atoms with Gasteiger partial charge in [-0.2, -0.15) is 0 Å². The molecule has 0 aliphatic carbocycles. The standard InChI is InChI=1S/C16H14FN3OS/c1-3-20-13(21)9-8-11-14(10-6-4-5-7-12(10)17)18-16(22-2)19-15(11)20/h4-9H,3H2,1-2H3. The molecule has 0 N–H and O–H groups in total.